The van der Waals surface area contributed by atoms with Crippen molar-refractivity contribution in [3.8, 4) is 0 Å². The molecule has 0 saturated carbocycles. The van der Waals surface area contributed by atoms with Gasteiger partial charge in [0.2, 0.25) is 0 Å². The van der Waals surface area contributed by atoms with Gasteiger partial charge in [0.25, 0.3) is 0 Å². The van der Waals surface area contributed by atoms with E-state index in [9.17, 15) is 0 Å². The Bertz CT molecular complexity index is 267. The van der Waals surface area contributed by atoms with Crippen molar-refractivity contribution in [2.24, 2.45) is 0 Å². The minimum absolute atomic E-state index is 0.457. The Morgan fingerprint density at radius 2 is 1.92 bits per heavy atom. The lowest BCUT2D eigenvalue weighted by molar-refractivity contribution is 1.41. The molecule has 70 valence electrons. The number of allylic oxidation sites excluding steroid dienone is 7. The summed E-state index contributed by atoms with van der Waals surface area (Å²) in [5.41, 5.74) is 2.83. The normalized spacial score (nSPS) is 12.5. The van der Waals surface area contributed by atoms with Crippen molar-refractivity contribution < 1.29 is 0 Å². The van der Waals surface area contributed by atoms with E-state index in [1.807, 2.05) is 19.1 Å². The van der Waals surface area contributed by atoms with Crippen molar-refractivity contribution in [2.75, 3.05) is 5.88 Å². The third-order valence-corrected chi connectivity index (χ3v) is 1.94. The first-order valence-electron chi connectivity index (χ1n) is 4.07. The summed E-state index contributed by atoms with van der Waals surface area (Å²) in [4.78, 5) is 0. The van der Waals surface area contributed by atoms with Crippen LogP contribution in [0.2, 0.25) is 0 Å². The largest absolute Gasteiger partial charge is 0.122 e. The summed E-state index contributed by atoms with van der Waals surface area (Å²) in [5.74, 6) is 0.457. The van der Waals surface area contributed by atoms with E-state index in [0.29, 0.717) is 5.88 Å². The van der Waals surface area contributed by atoms with E-state index in [1.54, 1.807) is 12.2 Å². The van der Waals surface area contributed by atoms with Crippen molar-refractivity contribution in [1.29, 1.82) is 0 Å². The minimum Gasteiger partial charge on any atom is -0.122 e. The molecule has 0 aromatic heterocycles. The standard InChI is InChI=1S/C12H15Cl/c1-5-8-11(9-13)12(7-3)10(4)6-2/h5-8H,2-4,9H2,1H3/b8-5-,12-11+. The van der Waals surface area contributed by atoms with Crippen LogP contribution >= 0.6 is 11.6 Å². The second kappa shape index (κ2) is 6.50. The molecule has 0 rings (SSSR count). The molecular formula is C12H15Cl. The van der Waals surface area contributed by atoms with E-state index >= 15 is 0 Å². The van der Waals surface area contributed by atoms with E-state index in [4.69, 9.17) is 11.6 Å². The van der Waals surface area contributed by atoms with Gasteiger partial charge < -0.3 is 0 Å². The van der Waals surface area contributed by atoms with Gasteiger partial charge in [0, 0.05) is 5.88 Å². The van der Waals surface area contributed by atoms with Crippen molar-refractivity contribution in [1.82, 2.24) is 0 Å². The van der Waals surface area contributed by atoms with Crippen molar-refractivity contribution in [3.63, 3.8) is 0 Å². The van der Waals surface area contributed by atoms with Gasteiger partial charge in [-0.05, 0) is 23.6 Å². The molecule has 0 N–H and O–H groups in total. The van der Waals surface area contributed by atoms with Crippen LogP contribution in [0.15, 0.2) is 60.8 Å². The molecular weight excluding hydrogens is 180 g/mol. The molecule has 0 atom stereocenters. The van der Waals surface area contributed by atoms with Crippen LogP contribution < -0.4 is 0 Å². The van der Waals surface area contributed by atoms with Crippen LogP contribution in [0.25, 0.3) is 0 Å². The Morgan fingerprint density at radius 1 is 1.31 bits per heavy atom. The zero-order valence-corrected chi connectivity index (χ0v) is 8.77. The minimum atomic E-state index is 0.457. The average Bonchev–Trinajstić information content (AvgIpc) is 2.17. The number of rotatable bonds is 5. The summed E-state index contributed by atoms with van der Waals surface area (Å²) >= 11 is 5.79. The predicted octanol–water partition coefficient (Wildman–Crippen LogP) is 4.03. The lowest BCUT2D eigenvalue weighted by atomic mass is 10.0. The highest BCUT2D eigenvalue weighted by atomic mass is 35.5. The fourth-order valence-corrected chi connectivity index (χ4v) is 1.22. The van der Waals surface area contributed by atoms with Crippen LogP contribution in [0.1, 0.15) is 6.92 Å². The molecule has 0 aliphatic heterocycles. The number of alkyl halides is 1. The number of halogens is 1. The van der Waals surface area contributed by atoms with Crippen LogP contribution in [0.3, 0.4) is 0 Å². The van der Waals surface area contributed by atoms with Gasteiger partial charge in [-0.3, -0.25) is 0 Å². The highest BCUT2D eigenvalue weighted by molar-refractivity contribution is 6.19. The van der Waals surface area contributed by atoms with Crippen LogP contribution in [-0.4, -0.2) is 5.88 Å². The van der Waals surface area contributed by atoms with Crippen LogP contribution in [-0.2, 0) is 0 Å². The third kappa shape index (κ3) is 3.47. The molecule has 0 aromatic rings. The quantitative estimate of drug-likeness (QED) is 0.458. The van der Waals surface area contributed by atoms with Gasteiger partial charge in [0.15, 0.2) is 0 Å². The van der Waals surface area contributed by atoms with E-state index in [1.165, 1.54) is 0 Å². The Balaban J connectivity index is 5.15. The summed E-state index contributed by atoms with van der Waals surface area (Å²) < 4.78 is 0. The van der Waals surface area contributed by atoms with Gasteiger partial charge >= 0.3 is 0 Å². The summed E-state index contributed by atoms with van der Waals surface area (Å²) in [6.45, 7) is 13.2. The fourth-order valence-electron chi connectivity index (χ4n) is 0.986. The van der Waals surface area contributed by atoms with Crippen LogP contribution in [0, 0.1) is 0 Å². The van der Waals surface area contributed by atoms with E-state index in [0.717, 1.165) is 16.7 Å². The van der Waals surface area contributed by atoms with Crippen LogP contribution in [0.4, 0.5) is 0 Å². The Hall–Kier alpha value is -1.01. The van der Waals surface area contributed by atoms with E-state index < -0.39 is 0 Å². The Kier molecular flexibility index (Phi) is 5.99. The molecule has 0 spiro atoms. The van der Waals surface area contributed by atoms with E-state index in [2.05, 4.69) is 19.7 Å². The molecule has 0 radical (unpaired) electrons. The molecule has 1 heteroatoms. The average molecular weight is 195 g/mol. The van der Waals surface area contributed by atoms with E-state index in [-0.39, 0.29) is 0 Å². The highest BCUT2D eigenvalue weighted by Crippen LogP contribution is 2.17. The monoisotopic (exact) mass is 194 g/mol. The second-order valence-corrected chi connectivity index (χ2v) is 2.77. The van der Waals surface area contributed by atoms with Gasteiger partial charge in [-0.2, -0.15) is 0 Å². The zero-order chi connectivity index (χ0) is 10.3. The molecule has 0 bridgehead atoms. The maximum atomic E-state index is 5.79. The molecule has 0 aliphatic carbocycles. The van der Waals surface area contributed by atoms with Gasteiger partial charge in [0.05, 0.1) is 0 Å². The van der Waals surface area contributed by atoms with Gasteiger partial charge in [0.1, 0.15) is 0 Å². The lowest BCUT2D eigenvalue weighted by Crippen LogP contribution is -1.90. The SMILES string of the molecule is C=CC(=C)/C(C=C)=C(\C=C/C)CCl. The first-order valence-corrected chi connectivity index (χ1v) is 4.60. The molecule has 0 aliphatic rings. The van der Waals surface area contributed by atoms with Gasteiger partial charge in [-0.25, -0.2) is 0 Å². The second-order valence-electron chi connectivity index (χ2n) is 2.51. The maximum Gasteiger partial charge on any atom is 0.0480 e. The topological polar surface area (TPSA) is 0 Å². The molecule has 0 amide bonds. The maximum absolute atomic E-state index is 5.79. The molecule has 0 fully saturated rings. The summed E-state index contributed by atoms with van der Waals surface area (Å²) in [6, 6.07) is 0. The number of hydrogen-bond acceptors (Lipinski definition) is 0. The van der Waals surface area contributed by atoms with Crippen molar-refractivity contribution in [3.05, 3.63) is 60.8 Å². The summed E-state index contributed by atoms with van der Waals surface area (Å²) in [5, 5.41) is 0. The first-order chi connectivity index (χ1) is 6.21. The smallest absolute Gasteiger partial charge is 0.0480 e. The molecule has 0 heterocycles. The van der Waals surface area contributed by atoms with Crippen molar-refractivity contribution in [2.45, 2.75) is 6.92 Å². The summed E-state index contributed by atoms with van der Waals surface area (Å²) in [7, 11) is 0. The number of hydrogen-bond donors (Lipinski definition) is 0. The third-order valence-electron chi connectivity index (χ3n) is 1.65. The Morgan fingerprint density at radius 3 is 2.23 bits per heavy atom. The molecule has 0 unspecified atom stereocenters. The molecule has 13 heavy (non-hydrogen) atoms. The molecule has 0 saturated heterocycles. The predicted molar refractivity (Wildman–Crippen MR) is 62.1 cm³/mol. The van der Waals surface area contributed by atoms with Gasteiger partial charge in [-0.1, -0.05) is 44.0 Å². The summed E-state index contributed by atoms with van der Waals surface area (Å²) in [6.07, 6.45) is 7.35. The van der Waals surface area contributed by atoms with Crippen molar-refractivity contribution >= 4 is 11.6 Å². The first kappa shape index (κ1) is 12.0. The Labute approximate surface area is 85.6 Å². The molecule has 0 aromatic carbocycles. The fraction of sp³-hybridized carbons (Fsp3) is 0.167. The highest BCUT2D eigenvalue weighted by Gasteiger charge is 2.00. The van der Waals surface area contributed by atoms with Crippen LogP contribution in [0.5, 0.6) is 0 Å². The lowest BCUT2D eigenvalue weighted by Gasteiger charge is -2.05. The molecule has 0 nitrogen and oxygen atoms in total. The van der Waals surface area contributed by atoms with Gasteiger partial charge in [-0.15, -0.1) is 11.6 Å². The zero-order valence-electron chi connectivity index (χ0n) is 8.02.